The first kappa shape index (κ1) is 27.4. The van der Waals surface area contributed by atoms with Crippen molar-refractivity contribution in [2.45, 2.75) is 32.3 Å². The molecule has 0 radical (unpaired) electrons. The van der Waals surface area contributed by atoms with Crippen LogP contribution in [0.2, 0.25) is 10.0 Å². The summed E-state index contributed by atoms with van der Waals surface area (Å²) in [6.45, 7) is 1.79. The summed E-state index contributed by atoms with van der Waals surface area (Å²) >= 11 is 12.1. The van der Waals surface area contributed by atoms with Crippen LogP contribution in [0.4, 0.5) is 4.39 Å². The van der Waals surface area contributed by atoms with Crippen molar-refractivity contribution in [3.8, 4) is 5.75 Å². The highest BCUT2D eigenvalue weighted by atomic mass is 35.5. The molecule has 0 spiro atoms. The molecule has 0 bridgehead atoms. The number of halogens is 3. The Morgan fingerprint density at radius 3 is 2.39 bits per heavy atom. The van der Waals surface area contributed by atoms with Gasteiger partial charge in [-0.1, -0.05) is 65.7 Å². The van der Waals surface area contributed by atoms with Crippen LogP contribution in [0.5, 0.6) is 5.75 Å². The van der Waals surface area contributed by atoms with Crippen molar-refractivity contribution in [1.82, 2.24) is 5.32 Å². The standard InChI is InChI=1S/C29H24Cl2FNO5/c1-17(37-15-18-5-3-2-4-6-18)26(29(35)36)33-28(34)23-10-8-20-14-21(32)9-11-22(20)27(23)38-16-19-7-12-24(30)25(31)13-19/h2-14,17,26H,15-16H2,1H3,(H,33,34)(H,35,36)/t17-,26-/m0/s1. The van der Waals surface area contributed by atoms with Crippen LogP contribution in [0.1, 0.15) is 28.4 Å². The monoisotopic (exact) mass is 555 g/mol. The Morgan fingerprint density at radius 1 is 0.921 bits per heavy atom. The Balaban J connectivity index is 1.59. The maximum atomic E-state index is 13.9. The Bertz CT molecular complexity index is 1460. The van der Waals surface area contributed by atoms with E-state index in [-0.39, 0.29) is 24.5 Å². The quantitative estimate of drug-likeness (QED) is 0.229. The van der Waals surface area contributed by atoms with Crippen LogP contribution in [-0.2, 0) is 22.7 Å². The second kappa shape index (κ2) is 12.3. The van der Waals surface area contributed by atoms with Crippen molar-refractivity contribution in [3.05, 3.63) is 111 Å². The van der Waals surface area contributed by atoms with Crippen LogP contribution in [0.3, 0.4) is 0 Å². The minimum atomic E-state index is -1.34. The summed E-state index contributed by atoms with van der Waals surface area (Å²) in [7, 11) is 0. The van der Waals surface area contributed by atoms with Gasteiger partial charge >= 0.3 is 5.97 Å². The number of amides is 1. The van der Waals surface area contributed by atoms with E-state index in [1.54, 1.807) is 31.2 Å². The van der Waals surface area contributed by atoms with E-state index in [4.69, 9.17) is 32.7 Å². The molecule has 9 heteroatoms. The molecule has 0 fully saturated rings. The molecule has 0 saturated heterocycles. The fourth-order valence-corrected chi connectivity index (χ4v) is 4.21. The predicted octanol–water partition coefficient (Wildman–Crippen LogP) is 6.65. The number of benzene rings is 4. The van der Waals surface area contributed by atoms with E-state index in [2.05, 4.69) is 5.32 Å². The molecule has 0 unspecified atom stereocenters. The lowest BCUT2D eigenvalue weighted by molar-refractivity contribution is -0.143. The number of hydrogen-bond acceptors (Lipinski definition) is 4. The molecule has 4 aromatic carbocycles. The number of fused-ring (bicyclic) bond motifs is 1. The van der Waals surface area contributed by atoms with Crippen molar-refractivity contribution in [2.24, 2.45) is 0 Å². The zero-order valence-corrected chi connectivity index (χ0v) is 21.8. The maximum Gasteiger partial charge on any atom is 0.328 e. The Kier molecular flexibility index (Phi) is 8.84. The fourth-order valence-electron chi connectivity index (χ4n) is 3.89. The van der Waals surface area contributed by atoms with E-state index in [1.165, 1.54) is 24.3 Å². The van der Waals surface area contributed by atoms with E-state index in [9.17, 15) is 19.1 Å². The van der Waals surface area contributed by atoms with Crippen LogP contribution in [0, 0.1) is 5.82 Å². The molecule has 0 aliphatic heterocycles. The minimum absolute atomic E-state index is 0.0343. The third-order valence-electron chi connectivity index (χ3n) is 5.92. The van der Waals surface area contributed by atoms with E-state index in [1.807, 2.05) is 30.3 Å². The van der Waals surface area contributed by atoms with Crippen LogP contribution in [-0.4, -0.2) is 29.1 Å². The average Bonchev–Trinajstić information content (AvgIpc) is 2.90. The molecule has 2 atom stereocenters. The second-order valence-corrected chi connectivity index (χ2v) is 9.45. The highest BCUT2D eigenvalue weighted by molar-refractivity contribution is 6.42. The molecule has 4 rings (SSSR count). The summed E-state index contributed by atoms with van der Waals surface area (Å²) in [6, 6.07) is 20.1. The third kappa shape index (κ3) is 6.61. The van der Waals surface area contributed by atoms with E-state index < -0.39 is 29.8 Å². The first-order valence-corrected chi connectivity index (χ1v) is 12.5. The average molecular weight is 556 g/mol. The number of aliphatic carboxylic acids is 1. The van der Waals surface area contributed by atoms with Crippen molar-refractivity contribution < 1.29 is 28.6 Å². The second-order valence-electron chi connectivity index (χ2n) is 8.64. The van der Waals surface area contributed by atoms with E-state index in [0.29, 0.717) is 26.4 Å². The summed E-state index contributed by atoms with van der Waals surface area (Å²) in [5.41, 5.74) is 1.65. The maximum absolute atomic E-state index is 13.9. The van der Waals surface area contributed by atoms with Crippen molar-refractivity contribution in [1.29, 1.82) is 0 Å². The summed E-state index contributed by atoms with van der Waals surface area (Å²) < 4.78 is 25.7. The molecule has 38 heavy (non-hydrogen) atoms. The summed E-state index contributed by atoms with van der Waals surface area (Å²) in [5, 5.41) is 14.1. The van der Waals surface area contributed by atoms with Crippen LogP contribution in [0.15, 0.2) is 78.9 Å². The topological polar surface area (TPSA) is 84.9 Å². The Labute approximate surface area is 228 Å². The van der Waals surface area contributed by atoms with Gasteiger partial charge in [0.15, 0.2) is 6.04 Å². The number of nitrogens with one attached hydrogen (secondary N) is 1. The van der Waals surface area contributed by atoms with E-state index >= 15 is 0 Å². The summed E-state index contributed by atoms with van der Waals surface area (Å²) in [6.07, 6.45) is -0.841. The van der Waals surface area contributed by atoms with Crippen LogP contribution >= 0.6 is 23.2 Å². The molecule has 196 valence electrons. The molecule has 0 heterocycles. The lowest BCUT2D eigenvalue weighted by atomic mass is 10.0. The molecule has 6 nitrogen and oxygen atoms in total. The summed E-state index contributed by atoms with van der Waals surface area (Å²) in [5.74, 6) is -2.20. The number of carbonyl (C=O) groups excluding carboxylic acids is 1. The smallest absolute Gasteiger partial charge is 0.328 e. The molecule has 1 amide bonds. The molecular formula is C29H24Cl2FNO5. The number of carboxylic acid groups (broad SMARTS) is 1. The van der Waals surface area contributed by atoms with Gasteiger partial charge < -0.3 is 19.9 Å². The molecule has 2 N–H and O–H groups in total. The molecule has 0 aliphatic carbocycles. The number of hydrogen-bond donors (Lipinski definition) is 2. The summed E-state index contributed by atoms with van der Waals surface area (Å²) in [4.78, 5) is 25.4. The zero-order valence-electron chi connectivity index (χ0n) is 20.3. The fraction of sp³-hybridized carbons (Fsp3) is 0.172. The highest BCUT2D eigenvalue weighted by Gasteiger charge is 2.29. The van der Waals surface area contributed by atoms with Gasteiger partial charge in [0.1, 0.15) is 18.2 Å². The van der Waals surface area contributed by atoms with Gasteiger partial charge in [-0.3, -0.25) is 4.79 Å². The Hall–Kier alpha value is -3.65. The predicted molar refractivity (Wildman–Crippen MR) is 144 cm³/mol. The third-order valence-corrected chi connectivity index (χ3v) is 6.66. The van der Waals surface area contributed by atoms with Crippen LogP contribution in [0.25, 0.3) is 10.8 Å². The Morgan fingerprint density at radius 2 is 1.68 bits per heavy atom. The number of carboxylic acids is 1. The number of carbonyl (C=O) groups is 2. The van der Waals surface area contributed by atoms with Gasteiger partial charge in [0.2, 0.25) is 0 Å². The lowest BCUT2D eigenvalue weighted by Crippen LogP contribution is -2.48. The highest BCUT2D eigenvalue weighted by Crippen LogP contribution is 2.32. The number of ether oxygens (including phenoxy) is 2. The van der Waals surface area contributed by atoms with Gasteiger partial charge in [-0.2, -0.15) is 0 Å². The number of rotatable bonds is 10. The van der Waals surface area contributed by atoms with Gasteiger partial charge in [-0.15, -0.1) is 0 Å². The minimum Gasteiger partial charge on any atom is -0.487 e. The molecule has 0 aromatic heterocycles. The molecule has 4 aromatic rings. The molecular weight excluding hydrogens is 532 g/mol. The lowest BCUT2D eigenvalue weighted by Gasteiger charge is -2.23. The zero-order chi connectivity index (χ0) is 27.2. The van der Waals surface area contributed by atoms with Gasteiger partial charge in [0.05, 0.1) is 28.3 Å². The first-order chi connectivity index (χ1) is 18.2. The van der Waals surface area contributed by atoms with Crippen molar-refractivity contribution in [3.63, 3.8) is 0 Å². The van der Waals surface area contributed by atoms with Gasteiger partial charge in [-0.25, -0.2) is 9.18 Å². The molecule has 0 saturated carbocycles. The van der Waals surface area contributed by atoms with Crippen molar-refractivity contribution >= 4 is 45.9 Å². The largest absolute Gasteiger partial charge is 0.487 e. The van der Waals surface area contributed by atoms with Gasteiger partial charge in [0.25, 0.3) is 5.91 Å². The van der Waals surface area contributed by atoms with Crippen molar-refractivity contribution in [2.75, 3.05) is 0 Å². The van der Waals surface area contributed by atoms with E-state index in [0.717, 1.165) is 5.56 Å². The first-order valence-electron chi connectivity index (χ1n) is 11.7. The molecule has 0 aliphatic rings. The van der Waals surface area contributed by atoms with Gasteiger partial charge in [0, 0.05) is 5.39 Å². The normalized spacial score (nSPS) is 12.6. The SMILES string of the molecule is C[C@H](OCc1ccccc1)[C@H](NC(=O)c1ccc2cc(F)ccc2c1OCc1ccc(Cl)c(Cl)c1)C(=O)O. The van der Waals surface area contributed by atoms with Gasteiger partial charge in [-0.05, 0) is 59.8 Å². The van der Waals surface area contributed by atoms with Crippen LogP contribution < -0.4 is 10.1 Å².